The van der Waals surface area contributed by atoms with Crippen molar-refractivity contribution in [3.63, 3.8) is 0 Å². The van der Waals surface area contributed by atoms with Crippen LogP contribution < -0.4 is 24.8 Å². The van der Waals surface area contributed by atoms with E-state index in [9.17, 15) is 36.4 Å². The van der Waals surface area contributed by atoms with Crippen molar-refractivity contribution in [1.29, 1.82) is 0 Å². The highest BCUT2D eigenvalue weighted by atomic mass is 32.2. The van der Waals surface area contributed by atoms with Crippen LogP contribution in [0.1, 0.15) is 105 Å². The van der Waals surface area contributed by atoms with Crippen LogP contribution in [0.5, 0.6) is 11.6 Å². The second-order valence-corrected chi connectivity index (χ2v) is 21.0. The molecule has 6 aliphatic rings. The molecule has 0 spiro atoms. The standard InChI is InChI=1S/C41H56F2N6O9S/c1-8-24-29-21-49(30(24)33(50)47-41(20-25(41)32(42)43)36(52)48-59(54,55)40(6)15-16-40)35(51)31(38(2,3)4)46-37(53)58-39(5)18-22(19-39)11-9-10-12-27-34(57-29)45-28-17-23(56-7)13-14-26(28)44-27/h13-14,17,22,24-25,29-32H,8-12,15-16,18-21H2,1-7H3,(H,46,53)(H,47,50)(H,48,52)/t22?,24-,25+,29+,30+,31-,39?,41-/m1/s1. The van der Waals surface area contributed by atoms with Crippen molar-refractivity contribution in [2.24, 2.45) is 23.2 Å². The molecule has 1 saturated heterocycles. The second-order valence-electron chi connectivity index (χ2n) is 18.8. The Balaban J connectivity index is 1.28. The molecular formula is C41H56F2N6O9S. The molecule has 2 aromatic rings. The Kier molecular flexibility index (Phi) is 11.1. The number of halogens is 2. The van der Waals surface area contributed by atoms with Crippen molar-refractivity contribution in [2.45, 2.75) is 146 Å². The van der Waals surface area contributed by atoms with E-state index in [1.54, 1.807) is 45.9 Å². The van der Waals surface area contributed by atoms with Gasteiger partial charge in [0.1, 0.15) is 40.8 Å². The third-order valence-electron chi connectivity index (χ3n) is 13.1. The third kappa shape index (κ3) is 8.26. The smallest absolute Gasteiger partial charge is 0.408 e. The van der Waals surface area contributed by atoms with Crippen LogP contribution in [0.3, 0.4) is 0 Å². The van der Waals surface area contributed by atoms with E-state index in [1.165, 1.54) is 18.9 Å². The predicted octanol–water partition coefficient (Wildman–Crippen LogP) is 4.80. The molecule has 3 saturated carbocycles. The van der Waals surface area contributed by atoms with Gasteiger partial charge in [-0.05, 0) is 88.7 Å². The van der Waals surface area contributed by atoms with Gasteiger partial charge >= 0.3 is 6.09 Å². The zero-order chi connectivity index (χ0) is 42.9. The Hall–Kier alpha value is -4.35. The largest absolute Gasteiger partial charge is 0.497 e. The number of fused-ring (bicyclic) bond motifs is 8. The van der Waals surface area contributed by atoms with Gasteiger partial charge in [0.2, 0.25) is 34.1 Å². The van der Waals surface area contributed by atoms with Gasteiger partial charge < -0.3 is 29.7 Å². The van der Waals surface area contributed by atoms with E-state index in [-0.39, 0.29) is 18.8 Å². The van der Waals surface area contributed by atoms with Gasteiger partial charge in [0.25, 0.3) is 5.91 Å². The van der Waals surface area contributed by atoms with Crippen LogP contribution in [0.15, 0.2) is 18.2 Å². The molecule has 59 heavy (non-hydrogen) atoms. The number of benzene rings is 1. The van der Waals surface area contributed by atoms with Crippen molar-refractivity contribution >= 4 is 44.9 Å². The molecule has 8 rings (SSSR count). The monoisotopic (exact) mass is 846 g/mol. The highest BCUT2D eigenvalue weighted by Crippen LogP contribution is 2.50. The molecular weight excluding hydrogens is 791 g/mol. The van der Waals surface area contributed by atoms with E-state index >= 15 is 0 Å². The molecule has 0 unspecified atom stereocenters. The normalized spacial score (nSPS) is 32.0. The number of methoxy groups -OCH3 is 1. The summed E-state index contributed by atoms with van der Waals surface area (Å²) in [6, 6.07) is 2.70. The van der Waals surface area contributed by atoms with Gasteiger partial charge in [-0.3, -0.25) is 19.1 Å². The number of sulfonamides is 1. The summed E-state index contributed by atoms with van der Waals surface area (Å²) in [7, 11) is -2.71. The minimum Gasteiger partial charge on any atom is -0.497 e. The zero-order valence-electron chi connectivity index (χ0n) is 34.7. The minimum absolute atomic E-state index is 0.181. The van der Waals surface area contributed by atoms with Crippen LogP contribution in [-0.4, -0.2) is 101 Å². The molecule has 3 aliphatic heterocycles. The third-order valence-corrected chi connectivity index (χ3v) is 15.3. The first-order chi connectivity index (χ1) is 27.6. The highest BCUT2D eigenvalue weighted by Gasteiger charge is 2.68. The lowest BCUT2D eigenvalue weighted by Gasteiger charge is -2.45. The fourth-order valence-electron chi connectivity index (χ4n) is 9.12. The summed E-state index contributed by atoms with van der Waals surface area (Å²) in [6.45, 7) is 10.2. The Morgan fingerprint density at radius 3 is 2.41 bits per heavy atom. The van der Waals surface area contributed by atoms with E-state index in [4.69, 9.17) is 24.2 Å². The van der Waals surface area contributed by atoms with E-state index in [1.807, 2.05) is 11.6 Å². The maximum Gasteiger partial charge on any atom is 0.408 e. The molecule has 4 amide bonds. The first kappa shape index (κ1) is 42.8. The van der Waals surface area contributed by atoms with Crippen LogP contribution in [0, 0.1) is 23.2 Å². The summed E-state index contributed by atoms with van der Waals surface area (Å²) in [5.41, 5.74) is -2.18. The summed E-state index contributed by atoms with van der Waals surface area (Å²) < 4.78 is 73.8. The molecule has 6 atom stereocenters. The number of ether oxygens (including phenoxy) is 3. The molecule has 3 aliphatic carbocycles. The summed E-state index contributed by atoms with van der Waals surface area (Å²) in [5.74, 6) is -4.19. The SMILES string of the molecule is CC[C@@H]1[C@@H]2CN(C(=O)[C@H](C(C)(C)C)NC(=O)OC3(C)CC(CCCCc4nc5ccc(OC)cc5nc4O2)C3)[C@@H]1C(=O)N[C@]1(C(=O)NS(=O)(=O)C2(C)CC2)C[C@H]1C(F)F. The molecule has 324 valence electrons. The Morgan fingerprint density at radius 1 is 1.08 bits per heavy atom. The lowest BCUT2D eigenvalue weighted by molar-refractivity contribution is -0.144. The summed E-state index contributed by atoms with van der Waals surface area (Å²) in [6.07, 6.45) is -0.0347. The number of nitrogens with one attached hydrogen (secondary N) is 3. The van der Waals surface area contributed by atoms with Crippen LogP contribution in [0.25, 0.3) is 11.0 Å². The van der Waals surface area contributed by atoms with Gasteiger partial charge in [0.15, 0.2) is 0 Å². The number of hydrogen-bond donors (Lipinski definition) is 3. The number of alkyl carbamates (subject to hydrolysis) is 1. The van der Waals surface area contributed by atoms with E-state index in [0.29, 0.717) is 60.5 Å². The Morgan fingerprint density at radius 2 is 1.80 bits per heavy atom. The average Bonchev–Trinajstić information content (AvgIpc) is 4.05. The van der Waals surface area contributed by atoms with E-state index < -0.39 is 98.0 Å². The zero-order valence-corrected chi connectivity index (χ0v) is 35.5. The number of aromatic nitrogens is 2. The molecule has 1 aromatic heterocycles. The van der Waals surface area contributed by atoms with Crippen LogP contribution in [0.2, 0.25) is 0 Å². The lowest BCUT2D eigenvalue weighted by Crippen LogP contribution is -2.61. The van der Waals surface area contributed by atoms with Crippen molar-refractivity contribution in [1.82, 2.24) is 30.2 Å². The van der Waals surface area contributed by atoms with Crippen molar-refractivity contribution < 1.29 is 50.6 Å². The molecule has 18 heteroatoms. The number of rotatable bonds is 8. The minimum atomic E-state index is -4.25. The maximum absolute atomic E-state index is 14.9. The van der Waals surface area contributed by atoms with Crippen LogP contribution in [0.4, 0.5) is 13.6 Å². The van der Waals surface area contributed by atoms with Gasteiger partial charge in [-0.1, -0.05) is 40.5 Å². The second kappa shape index (κ2) is 15.3. The Labute approximate surface area is 343 Å². The molecule has 4 bridgehead atoms. The molecule has 15 nitrogen and oxygen atoms in total. The number of hydrogen-bond acceptors (Lipinski definition) is 11. The predicted molar refractivity (Wildman–Crippen MR) is 211 cm³/mol. The number of nitrogens with zero attached hydrogens (tertiary/aromatic N) is 3. The number of carbonyl (C=O) groups is 4. The summed E-state index contributed by atoms with van der Waals surface area (Å²) >= 11 is 0. The van der Waals surface area contributed by atoms with Crippen molar-refractivity contribution in [2.75, 3.05) is 13.7 Å². The van der Waals surface area contributed by atoms with Crippen LogP contribution >= 0.6 is 0 Å². The lowest BCUT2D eigenvalue weighted by atomic mass is 9.70. The quantitative estimate of drug-likeness (QED) is 0.331. The topological polar surface area (TPSA) is 195 Å². The van der Waals surface area contributed by atoms with Gasteiger partial charge in [-0.15, -0.1) is 0 Å². The van der Waals surface area contributed by atoms with E-state index in [0.717, 1.165) is 19.3 Å². The summed E-state index contributed by atoms with van der Waals surface area (Å²) in [5, 5.41) is 5.29. The first-order valence-corrected chi connectivity index (χ1v) is 22.1. The number of alkyl halides is 2. The van der Waals surface area contributed by atoms with Gasteiger partial charge in [-0.2, -0.15) is 0 Å². The van der Waals surface area contributed by atoms with Crippen molar-refractivity contribution in [3.8, 4) is 11.6 Å². The fourth-order valence-corrected chi connectivity index (χ4v) is 10.4. The van der Waals surface area contributed by atoms with Gasteiger partial charge in [-0.25, -0.2) is 32.0 Å². The number of aryl methyl sites for hydroxylation is 1. The number of amides is 4. The molecule has 0 radical (unpaired) electrons. The fraction of sp³-hybridized carbons (Fsp3) is 0.707. The van der Waals surface area contributed by atoms with Gasteiger partial charge in [0.05, 0.1) is 35.4 Å². The number of carbonyl (C=O) groups excluding carboxylic acids is 4. The average molecular weight is 847 g/mol. The first-order valence-electron chi connectivity index (χ1n) is 20.6. The maximum atomic E-state index is 14.9. The summed E-state index contributed by atoms with van der Waals surface area (Å²) in [4.78, 5) is 67.9. The van der Waals surface area contributed by atoms with Crippen molar-refractivity contribution in [3.05, 3.63) is 23.9 Å². The Bertz CT molecular complexity index is 2120. The van der Waals surface area contributed by atoms with E-state index in [2.05, 4.69) is 10.6 Å². The van der Waals surface area contributed by atoms with Crippen LogP contribution in [-0.2, 0) is 35.6 Å². The van der Waals surface area contributed by atoms with Gasteiger partial charge in [0, 0.05) is 12.0 Å². The molecule has 1 aromatic carbocycles. The molecule has 4 heterocycles. The molecule has 4 fully saturated rings. The highest BCUT2D eigenvalue weighted by molar-refractivity contribution is 7.91. The molecule has 3 N–H and O–H groups in total.